The minimum Gasteiger partial charge on any atom is -0.330 e. The first kappa shape index (κ1) is 14.0. The number of thioether (sulfide) groups is 1. The Labute approximate surface area is 124 Å². The number of aryl methyl sites for hydroxylation is 1. The van der Waals surface area contributed by atoms with Gasteiger partial charge in [-0.25, -0.2) is 0 Å². The Kier molecular flexibility index (Phi) is 4.32. The van der Waals surface area contributed by atoms with Gasteiger partial charge in [-0.3, -0.25) is 4.79 Å². The molecule has 0 bridgehead atoms. The number of hydrogen-bond donors (Lipinski definition) is 1. The highest BCUT2D eigenvalue weighted by atomic mass is 32.2. The number of rotatable bonds is 5. The van der Waals surface area contributed by atoms with Crippen molar-refractivity contribution >= 4 is 23.4 Å². The Hall–Kier alpha value is -1.00. The normalized spacial score (nSPS) is 18.9. The van der Waals surface area contributed by atoms with Gasteiger partial charge in [0.05, 0.1) is 0 Å². The summed E-state index contributed by atoms with van der Waals surface area (Å²) in [5.41, 5.74) is 8.03. The molecule has 4 heteroatoms. The van der Waals surface area contributed by atoms with Gasteiger partial charge in [0.25, 0.3) is 0 Å². The minimum atomic E-state index is 0.298. The van der Waals surface area contributed by atoms with E-state index in [0.29, 0.717) is 18.9 Å². The van der Waals surface area contributed by atoms with Crippen molar-refractivity contribution < 1.29 is 4.79 Å². The Balaban J connectivity index is 1.79. The predicted molar refractivity (Wildman–Crippen MR) is 84.2 cm³/mol. The third kappa shape index (κ3) is 2.86. The second kappa shape index (κ2) is 6.19. The van der Waals surface area contributed by atoms with Gasteiger partial charge in [0.1, 0.15) is 0 Å². The van der Waals surface area contributed by atoms with Crippen LogP contribution >= 0.6 is 11.8 Å². The molecule has 0 spiro atoms. The second-order valence-corrected chi connectivity index (χ2v) is 6.90. The van der Waals surface area contributed by atoms with Crippen LogP contribution in [0.3, 0.4) is 0 Å². The fourth-order valence-corrected chi connectivity index (χ4v) is 3.68. The Morgan fingerprint density at radius 2 is 2.15 bits per heavy atom. The molecule has 20 heavy (non-hydrogen) atoms. The van der Waals surface area contributed by atoms with Gasteiger partial charge in [0.15, 0.2) is 0 Å². The number of carbonyl (C=O) groups excluding carboxylic acids is 1. The van der Waals surface area contributed by atoms with E-state index in [2.05, 4.69) is 18.2 Å². The van der Waals surface area contributed by atoms with Crippen LogP contribution in [0, 0.1) is 5.92 Å². The second-order valence-electron chi connectivity index (χ2n) is 5.73. The molecule has 1 aliphatic heterocycles. The number of amides is 1. The van der Waals surface area contributed by atoms with Gasteiger partial charge in [-0.15, -0.1) is 11.8 Å². The zero-order chi connectivity index (χ0) is 13.9. The third-order valence-corrected chi connectivity index (χ3v) is 5.33. The van der Waals surface area contributed by atoms with Crippen LogP contribution in [0.5, 0.6) is 0 Å². The average Bonchev–Trinajstić information content (AvgIpc) is 2.42. The summed E-state index contributed by atoms with van der Waals surface area (Å²) in [5.74, 6) is 1.96. The summed E-state index contributed by atoms with van der Waals surface area (Å²) in [4.78, 5) is 15.5. The molecule has 1 amide bonds. The minimum absolute atomic E-state index is 0.298. The molecule has 1 heterocycles. The summed E-state index contributed by atoms with van der Waals surface area (Å²) in [6.07, 6.45) is 5.43. The summed E-state index contributed by atoms with van der Waals surface area (Å²) >= 11 is 1.80. The molecule has 1 aliphatic carbocycles. The highest BCUT2D eigenvalue weighted by Crippen LogP contribution is 2.35. The lowest BCUT2D eigenvalue weighted by Gasteiger charge is -2.35. The van der Waals surface area contributed by atoms with Crippen LogP contribution in [0.2, 0.25) is 0 Å². The molecule has 3 rings (SSSR count). The molecule has 2 aliphatic rings. The molecule has 2 N–H and O–H groups in total. The summed E-state index contributed by atoms with van der Waals surface area (Å²) < 4.78 is 0. The van der Waals surface area contributed by atoms with Crippen LogP contribution in [-0.4, -0.2) is 24.7 Å². The summed E-state index contributed by atoms with van der Waals surface area (Å²) in [5, 5.41) is 0. The number of fused-ring (bicyclic) bond motifs is 1. The van der Waals surface area contributed by atoms with Crippen LogP contribution in [0.25, 0.3) is 0 Å². The van der Waals surface area contributed by atoms with Crippen molar-refractivity contribution in [2.75, 3.05) is 23.7 Å². The number of hydrogen-bond acceptors (Lipinski definition) is 3. The molecule has 1 aromatic carbocycles. The maximum atomic E-state index is 12.2. The topological polar surface area (TPSA) is 46.3 Å². The largest absolute Gasteiger partial charge is 0.330 e. The summed E-state index contributed by atoms with van der Waals surface area (Å²) in [6.45, 7) is 1.62. The van der Waals surface area contributed by atoms with Gasteiger partial charge in [-0.2, -0.15) is 0 Å². The van der Waals surface area contributed by atoms with Crippen molar-refractivity contribution in [3.63, 3.8) is 0 Å². The highest BCUT2D eigenvalue weighted by Gasteiger charge is 2.28. The van der Waals surface area contributed by atoms with Crippen LogP contribution in [-0.2, 0) is 11.2 Å². The van der Waals surface area contributed by atoms with E-state index in [9.17, 15) is 4.79 Å². The van der Waals surface area contributed by atoms with Crippen LogP contribution < -0.4 is 10.6 Å². The Morgan fingerprint density at radius 1 is 1.30 bits per heavy atom. The first-order valence-electron chi connectivity index (χ1n) is 7.54. The molecule has 0 saturated heterocycles. The number of carbonyl (C=O) groups is 1. The monoisotopic (exact) mass is 290 g/mol. The van der Waals surface area contributed by atoms with Crippen molar-refractivity contribution in [1.82, 2.24) is 0 Å². The SMILES string of the molecule is NCCSc1ccc2c(c1)CCC(=O)N2CC1CCC1. The molecule has 1 fully saturated rings. The van der Waals surface area contributed by atoms with Gasteiger partial charge in [-0.1, -0.05) is 6.42 Å². The lowest BCUT2D eigenvalue weighted by atomic mass is 9.84. The highest BCUT2D eigenvalue weighted by molar-refractivity contribution is 7.99. The molecule has 3 nitrogen and oxygen atoms in total. The maximum absolute atomic E-state index is 12.2. The van der Waals surface area contributed by atoms with E-state index in [4.69, 9.17) is 5.73 Å². The fraction of sp³-hybridized carbons (Fsp3) is 0.562. The van der Waals surface area contributed by atoms with E-state index in [0.717, 1.165) is 30.3 Å². The summed E-state index contributed by atoms with van der Waals surface area (Å²) in [6, 6.07) is 6.51. The fourth-order valence-electron chi connectivity index (χ4n) is 2.94. The van der Waals surface area contributed by atoms with Gasteiger partial charge < -0.3 is 10.6 Å². The van der Waals surface area contributed by atoms with Crippen molar-refractivity contribution in [2.24, 2.45) is 11.7 Å². The smallest absolute Gasteiger partial charge is 0.227 e. The van der Waals surface area contributed by atoms with E-state index in [1.54, 1.807) is 11.8 Å². The Morgan fingerprint density at radius 3 is 2.85 bits per heavy atom. The average molecular weight is 290 g/mol. The van der Waals surface area contributed by atoms with Crippen molar-refractivity contribution in [1.29, 1.82) is 0 Å². The van der Waals surface area contributed by atoms with Gasteiger partial charge >= 0.3 is 0 Å². The quantitative estimate of drug-likeness (QED) is 0.848. The zero-order valence-corrected chi connectivity index (χ0v) is 12.6. The molecule has 0 atom stereocenters. The number of benzene rings is 1. The van der Waals surface area contributed by atoms with E-state index >= 15 is 0 Å². The standard InChI is InChI=1S/C16H22N2OS/c17-8-9-20-14-5-6-15-13(10-14)4-7-16(19)18(15)11-12-2-1-3-12/h5-6,10,12H,1-4,7-9,11,17H2. The van der Waals surface area contributed by atoms with Gasteiger partial charge in [0, 0.05) is 35.8 Å². The molecule has 1 saturated carbocycles. The van der Waals surface area contributed by atoms with Crippen molar-refractivity contribution in [3.05, 3.63) is 23.8 Å². The van der Waals surface area contributed by atoms with Crippen molar-refractivity contribution in [3.8, 4) is 0 Å². The molecule has 0 aromatic heterocycles. The summed E-state index contributed by atoms with van der Waals surface area (Å²) in [7, 11) is 0. The number of anilines is 1. The molecular weight excluding hydrogens is 268 g/mol. The zero-order valence-electron chi connectivity index (χ0n) is 11.8. The van der Waals surface area contributed by atoms with Crippen molar-refractivity contribution in [2.45, 2.75) is 37.0 Å². The lowest BCUT2D eigenvalue weighted by Crippen LogP contribution is -2.40. The number of nitrogens with zero attached hydrogens (tertiary/aromatic N) is 1. The molecule has 0 radical (unpaired) electrons. The molecular formula is C16H22N2OS. The van der Waals surface area contributed by atoms with Crippen LogP contribution in [0.4, 0.5) is 5.69 Å². The van der Waals surface area contributed by atoms with E-state index in [1.165, 1.54) is 29.7 Å². The van der Waals surface area contributed by atoms with Crippen LogP contribution in [0.15, 0.2) is 23.1 Å². The van der Waals surface area contributed by atoms with E-state index in [1.807, 2.05) is 4.90 Å². The molecule has 1 aromatic rings. The number of nitrogens with two attached hydrogens (primary N) is 1. The lowest BCUT2D eigenvalue weighted by molar-refractivity contribution is -0.119. The van der Waals surface area contributed by atoms with Crippen LogP contribution in [0.1, 0.15) is 31.2 Å². The van der Waals surface area contributed by atoms with E-state index in [-0.39, 0.29) is 0 Å². The predicted octanol–water partition coefficient (Wildman–Crippen LogP) is 2.82. The Bertz CT molecular complexity index is 499. The molecule has 108 valence electrons. The first-order chi connectivity index (χ1) is 9.78. The third-order valence-electron chi connectivity index (χ3n) is 4.30. The maximum Gasteiger partial charge on any atom is 0.227 e. The van der Waals surface area contributed by atoms with Gasteiger partial charge in [-0.05, 0) is 48.9 Å². The first-order valence-corrected chi connectivity index (χ1v) is 8.52. The van der Waals surface area contributed by atoms with Gasteiger partial charge in [0.2, 0.25) is 5.91 Å². The molecule has 0 unspecified atom stereocenters. The van der Waals surface area contributed by atoms with E-state index < -0.39 is 0 Å².